The van der Waals surface area contributed by atoms with Crippen molar-refractivity contribution < 1.29 is 4.79 Å². The molecule has 1 fully saturated rings. The van der Waals surface area contributed by atoms with Gasteiger partial charge >= 0.3 is 0 Å². The highest BCUT2D eigenvalue weighted by Crippen LogP contribution is 2.30. The van der Waals surface area contributed by atoms with E-state index in [0.29, 0.717) is 11.5 Å². The molecule has 1 saturated carbocycles. The van der Waals surface area contributed by atoms with Gasteiger partial charge in [-0.25, -0.2) is 0 Å². The van der Waals surface area contributed by atoms with Crippen molar-refractivity contribution in [1.82, 2.24) is 20.6 Å². The molecule has 1 aromatic heterocycles. The number of hydrogen-bond donors (Lipinski definition) is 2. The summed E-state index contributed by atoms with van der Waals surface area (Å²) >= 11 is 3.43. The molecular formula is C14H16BrN5O. The van der Waals surface area contributed by atoms with Gasteiger partial charge in [-0.1, -0.05) is 35.2 Å². The topological polar surface area (TPSA) is 83.6 Å². The summed E-state index contributed by atoms with van der Waals surface area (Å²) in [6.07, 6.45) is 5.44. The first-order valence-corrected chi connectivity index (χ1v) is 7.87. The Balaban J connectivity index is 1.84. The highest BCUT2D eigenvalue weighted by atomic mass is 79.9. The predicted molar refractivity (Wildman–Crippen MR) is 82.5 cm³/mol. The molecule has 2 aromatic rings. The lowest BCUT2D eigenvalue weighted by Crippen LogP contribution is -2.25. The van der Waals surface area contributed by atoms with Crippen LogP contribution in [0.3, 0.4) is 0 Å². The highest BCUT2D eigenvalue weighted by Gasteiger charge is 2.22. The van der Waals surface area contributed by atoms with Crippen LogP contribution in [-0.4, -0.2) is 26.5 Å². The minimum Gasteiger partial charge on any atom is -0.325 e. The minimum atomic E-state index is 0.0811. The molecule has 110 valence electrons. The van der Waals surface area contributed by atoms with Crippen LogP contribution in [0.4, 0.5) is 5.69 Å². The molecule has 1 aliphatic rings. The first-order valence-electron chi connectivity index (χ1n) is 7.08. The molecule has 2 N–H and O–H groups in total. The molecule has 1 amide bonds. The molecule has 7 heteroatoms. The zero-order chi connectivity index (χ0) is 14.7. The number of aromatic nitrogens is 4. The van der Waals surface area contributed by atoms with Crippen LogP contribution in [0, 0.1) is 5.92 Å². The van der Waals surface area contributed by atoms with Crippen molar-refractivity contribution in [2.75, 3.05) is 5.32 Å². The van der Waals surface area contributed by atoms with Crippen LogP contribution in [0.2, 0.25) is 0 Å². The first-order chi connectivity index (χ1) is 10.2. The number of halogens is 1. The smallest absolute Gasteiger partial charge is 0.227 e. The number of carbonyl (C=O) groups is 1. The maximum atomic E-state index is 12.4. The molecule has 0 atom stereocenters. The fraction of sp³-hybridized carbons (Fsp3) is 0.429. The van der Waals surface area contributed by atoms with Gasteiger partial charge in [0.05, 0.1) is 5.69 Å². The lowest BCUT2D eigenvalue weighted by atomic mass is 9.88. The summed E-state index contributed by atoms with van der Waals surface area (Å²) in [5.41, 5.74) is 1.47. The molecule has 0 unspecified atom stereocenters. The van der Waals surface area contributed by atoms with Gasteiger partial charge in [0.1, 0.15) is 0 Å². The molecule has 3 rings (SSSR count). The van der Waals surface area contributed by atoms with Crippen LogP contribution in [0.25, 0.3) is 11.4 Å². The SMILES string of the molecule is O=C(Nc1cc(Br)ccc1-c1nn[nH]n1)C1CCCCC1. The molecule has 1 aromatic carbocycles. The third kappa shape index (κ3) is 3.29. The first kappa shape index (κ1) is 14.2. The number of rotatable bonds is 3. The number of amides is 1. The molecule has 1 heterocycles. The predicted octanol–water partition coefficient (Wildman–Crippen LogP) is 3.15. The number of nitrogens with zero attached hydrogens (tertiary/aromatic N) is 3. The van der Waals surface area contributed by atoms with Crippen LogP contribution in [-0.2, 0) is 4.79 Å². The minimum absolute atomic E-state index is 0.0811. The summed E-state index contributed by atoms with van der Waals surface area (Å²) in [4.78, 5) is 12.4. The van der Waals surface area contributed by atoms with Crippen molar-refractivity contribution in [3.63, 3.8) is 0 Å². The van der Waals surface area contributed by atoms with E-state index < -0.39 is 0 Å². The van der Waals surface area contributed by atoms with E-state index in [9.17, 15) is 4.79 Å². The number of H-pyrrole nitrogens is 1. The summed E-state index contributed by atoms with van der Waals surface area (Å²) < 4.78 is 0.897. The molecule has 21 heavy (non-hydrogen) atoms. The molecular weight excluding hydrogens is 334 g/mol. The summed E-state index contributed by atoms with van der Waals surface area (Å²) in [5, 5.41) is 17.0. The lowest BCUT2D eigenvalue weighted by molar-refractivity contribution is -0.120. The third-order valence-electron chi connectivity index (χ3n) is 3.80. The van der Waals surface area contributed by atoms with Crippen LogP contribution in [0.5, 0.6) is 0 Å². The average Bonchev–Trinajstić information content (AvgIpc) is 3.02. The van der Waals surface area contributed by atoms with Gasteiger partial charge in [-0.2, -0.15) is 5.21 Å². The van der Waals surface area contributed by atoms with E-state index in [0.717, 1.165) is 35.7 Å². The summed E-state index contributed by atoms with van der Waals surface area (Å²) in [6.45, 7) is 0. The van der Waals surface area contributed by atoms with Gasteiger partial charge in [0.15, 0.2) is 0 Å². The maximum Gasteiger partial charge on any atom is 0.227 e. The van der Waals surface area contributed by atoms with E-state index in [-0.39, 0.29) is 11.8 Å². The fourth-order valence-electron chi connectivity index (χ4n) is 2.69. The highest BCUT2D eigenvalue weighted by molar-refractivity contribution is 9.10. The van der Waals surface area contributed by atoms with Crippen molar-refractivity contribution in [3.05, 3.63) is 22.7 Å². The monoisotopic (exact) mass is 349 g/mol. The van der Waals surface area contributed by atoms with Gasteiger partial charge in [-0.3, -0.25) is 4.79 Å². The van der Waals surface area contributed by atoms with E-state index in [1.54, 1.807) is 0 Å². The molecule has 1 aliphatic carbocycles. The molecule has 0 bridgehead atoms. The average molecular weight is 350 g/mol. The molecule has 0 saturated heterocycles. The van der Waals surface area contributed by atoms with Crippen molar-refractivity contribution in [3.8, 4) is 11.4 Å². The third-order valence-corrected chi connectivity index (χ3v) is 4.29. The second-order valence-corrected chi connectivity index (χ2v) is 6.17. The van der Waals surface area contributed by atoms with Crippen LogP contribution in [0.1, 0.15) is 32.1 Å². The Morgan fingerprint density at radius 2 is 2.10 bits per heavy atom. The fourth-order valence-corrected chi connectivity index (χ4v) is 3.05. The molecule has 0 radical (unpaired) electrons. The zero-order valence-electron chi connectivity index (χ0n) is 11.5. The lowest BCUT2D eigenvalue weighted by Gasteiger charge is -2.21. The molecule has 6 nitrogen and oxygen atoms in total. The summed E-state index contributed by atoms with van der Waals surface area (Å²) in [5.74, 6) is 0.662. The van der Waals surface area contributed by atoms with E-state index in [4.69, 9.17) is 0 Å². The van der Waals surface area contributed by atoms with Gasteiger partial charge in [-0.15, -0.1) is 10.2 Å². The number of benzene rings is 1. The number of tetrazole rings is 1. The van der Waals surface area contributed by atoms with Crippen molar-refractivity contribution >= 4 is 27.5 Å². The molecule has 0 aliphatic heterocycles. The standard InChI is InChI=1S/C14H16BrN5O/c15-10-6-7-11(13-17-19-20-18-13)12(8-10)16-14(21)9-4-2-1-3-5-9/h6-9H,1-5H2,(H,16,21)(H,17,18,19,20). The van der Waals surface area contributed by atoms with Crippen LogP contribution >= 0.6 is 15.9 Å². The van der Waals surface area contributed by atoms with Crippen molar-refractivity contribution in [2.24, 2.45) is 5.92 Å². The van der Waals surface area contributed by atoms with E-state index >= 15 is 0 Å². The van der Waals surface area contributed by atoms with E-state index in [1.165, 1.54) is 6.42 Å². The number of aromatic amines is 1. The largest absolute Gasteiger partial charge is 0.325 e. The Hall–Kier alpha value is -1.76. The van der Waals surface area contributed by atoms with E-state index in [1.807, 2.05) is 18.2 Å². The number of anilines is 1. The number of hydrogen-bond acceptors (Lipinski definition) is 4. The normalized spacial score (nSPS) is 15.9. The van der Waals surface area contributed by atoms with Crippen LogP contribution < -0.4 is 5.32 Å². The van der Waals surface area contributed by atoms with Gasteiger partial charge in [0.2, 0.25) is 11.7 Å². The van der Waals surface area contributed by atoms with Gasteiger partial charge in [0, 0.05) is 16.0 Å². The maximum absolute atomic E-state index is 12.4. The van der Waals surface area contributed by atoms with Gasteiger partial charge < -0.3 is 5.32 Å². The quantitative estimate of drug-likeness (QED) is 0.891. The van der Waals surface area contributed by atoms with Gasteiger partial charge in [0.25, 0.3) is 0 Å². The van der Waals surface area contributed by atoms with Crippen molar-refractivity contribution in [1.29, 1.82) is 0 Å². The Kier molecular flexibility index (Phi) is 4.28. The van der Waals surface area contributed by atoms with Crippen LogP contribution in [0.15, 0.2) is 22.7 Å². The number of carbonyl (C=O) groups excluding carboxylic acids is 1. The second-order valence-electron chi connectivity index (χ2n) is 5.25. The van der Waals surface area contributed by atoms with Gasteiger partial charge in [-0.05, 0) is 36.3 Å². The second kappa shape index (κ2) is 6.34. The number of nitrogens with one attached hydrogen (secondary N) is 2. The Bertz CT molecular complexity index is 622. The molecule has 0 spiro atoms. The van der Waals surface area contributed by atoms with E-state index in [2.05, 4.69) is 41.9 Å². The Labute approximate surface area is 130 Å². The Morgan fingerprint density at radius 3 is 2.81 bits per heavy atom. The Morgan fingerprint density at radius 1 is 1.29 bits per heavy atom. The summed E-state index contributed by atoms with van der Waals surface area (Å²) in [7, 11) is 0. The summed E-state index contributed by atoms with van der Waals surface area (Å²) in [6, 6.07) is 5.62. The van der Waals surface area contributed by atoms with Crippen molar-refractivity contribution in [2.45, 2.75) is 32.1 Å². The zero-order valence-corrected chi connectivity index (χ0v) is 13.1.